The van der Waals surface area contributed by atoms with Crippen molar-refractivity contribution in [1.29, 1.82) is 0 Å². The van der Waals surface area contributed by atoms with Crippen LogP contribution in [0.3, 0.4) is 0 Å². The average Bonchev–Trinajstić information content (AvgIpc) is 2.39. The monoisotopic (exact) mass is 265 g/mol. The molecule has 0 saturated heterocycles. The van der Waals surface area contributed by atoms with Crippen LogP contribution in [0, 0.1) is 13.8 Å². The predicted molar refractivity (Wildman–Crippen MR) is 78.4 cm³/mol. The Balaban J connectivity index is 2.88. The van der Waals surface area contributed by atoms with Crippen LogP contribution in [0.5, 0.6) is 0 Å². The first kappa shape index (κ1) is 16.1. The fourth-order valence-corrected chi connectivity index (χ4v) is 2.33. The standard InChI is InChI=1S/C15H27N3O/c1-6-8-14(19-5)15-17-11(2)13(12(3)18-15)9-7-10-16-4/h14,16H,6-10H2,1-5H3. The van der Waals surface area contributed by atoms with Gasteiger partial charge in [0.2, 0.25) is 0 Å². The third kappa shape index (κ3) is 4.55. The van der Waals surface area contributed by atoms with E-state index in [0.717, 1.165) is 49.4 Å². The Kier molecular flexibility index (Phi) is 6.95. The number of nitrogens with zero attached hydrogens (tertiary/aromatic N) is 2. The number of rotatable bonds is 8. The first-order chi connectivity index (χ1) is 9.13. The van der Waals surface area contributed by atoms with Crippen molar-refractivity contribution >= 4 is 0 Å². The summed E-state index contributed by atoms with van der Waals surface area (Å²) in [4.78, 5) is 9.29. The summed E-state index contributed by atoms with van der Waals surface area (Å²) in [5, 5.41) is 3.17. The Morgan fingerprint density at radius 3 is 2.32 bits per heavy atom. The molecule has 1 atom stereocenters. The van der Waals surface area contributed by atoms with Crippen LogP contribution < -0.4 is 5.32 Å². The molecule has 1 aromatic heterocycles. The highest BCUT2D eigenvalue weighted by Crippen LogP contribution is 2.21. The van der Waals surface area contributed by atoms with Gasteiger partial charge in [0.05, 0.1) is 0 Å². The zero-order valence-electron chi connectivity index (χ0n) is 12.9. The van der Waals surface area contributed by atoms with Crippen molar-refractivity contribution in [3.05, 3.63) is 22.8 Å². The fourth-order valence-electron chi connectivity index (χ4n) is 2.33. The molecule has 1 unspecified atom stereocenters. The molecule has 0 fully saturated rings. The number of methoxy groups -OCH3 is 1. The smallest absolute Gasteiger partial charge is 0.157 e. The summed E-state index contributed by atoms with van der Waals surface area (Å²) < 4.78 is 5.49. The summed E-state index contributed by atoms with van der Waals surface area (Å²) in [6, 6.07) is 0. The van der Waals surface area contributed by atoms with Crippen LogP contribution in [0.15, 0.2) is 0 Å². The van der Waals surface area contributed by atoms with Crippen molar-refractivity contribution in [3.8, 4) is 0 Å². The Bertz CT molecular complexity index is 370. The molecule has 1 aromatic rings. The second kappa shape index (κ2) is 8.23. The van der Waals surface area contributed by atoms with Gasteiger partial charge in [-0.15, -0.1) is 0 Å². The molecular formula is C15H27N3O. The minimum Gasteiger partial charge on any atom is -0.373 e. The normalized spacial score (nSPS) is 12.7. The summed E-state index contributed by atoms with van der Waals surface area (Å²) in [5.41, 5.74) is 3.47. The van der Waals surface area contributed by atoms with Crippen molar-refractivity contribution in [2.75, 3.05) is 20.7 Å². The number of aryl methyl sites for hydroxylation is 2. The second-order valence-corrected chi connectivity index (χ2v) is 4.95. The number of hydrogen-bond donors (Lipinski definition) is 1. The van der Waals surface area contributed by atoms with Gasteiger partial charge in [-0.05, 0) is 52.3 Å². The van der Waals surface area contributed by atoms with E-state index in [4.69, 9.17) is 4.74 Å². The quantitative estimate of drug-likeness (QED) is 0.734. The molecule has 0 spiro atoms. The van der Waals surface area contributed by atoms with Crippen LogP contribution in [0.1, 0.15) is 55.1 Å². The van der Waals surface area contributed by atoms with Crippen molar-refractivity contribution in [1.82, 2.24) is 15.3 Å². The molecule has 19 heavy (non-hydrogen) atoms. The number of nitrogens with one attached hydrogen (secondary N) is 1. The number of hydrogen-bond acceptors (Lipinski definition) is 4. The lowest BCUT2D eigenvalue weighted by Crippen LogP contribution is -2.13. The van der Waals surface area contributed by atoms with Crippen LogP contribution in [-0.2, 0) is 11.2 Å². The zero-order valence-corrected chi connectivity index (χ0v) is 12.9. The summed E-state index contributed by atoms with van der Waals surface area (Å²) >= 11 is 0. The van der Waals surface area contributed by atoms with Crippen LogP contribution in [0.2, 0.25) is 0 Å². The molecule has 1 rings (SSSR count). The van der Waals surface area contributed by atoms with Gasteiger partial charge in [0.25, 0.3) is 0 Å². The van der Waals surface area contributed by atoms with Gasteiger partial charge in [0, 0.05) is 18.5 Å². The topological polar surface area (TPSA) is 47.0 Å². The summed E-state index contributed by atoms with van der Waals surface area (Å²) in [6.45, 7) is 7.33. The molecular weight excluding hydrogens is 238 g/mol. The molecule has 0 saturated carbocycles. The Morgan fingerprint density at radius 1 is 1.21 bits per heavy atom. The lowest BCUT2D eigenvalue weighted by Gasteiger charge is -2.16. The highest BCUT2D eigenvalue weighted by atomic mass is 16.5. The number of aromatic nitrogens is 2. The van der Waals surface area contributed by atoms with Crippen molar-refractivity contribution in [2.45, 2.75) is 52.6 Å². The molecule has 0 aromatic carbocycles. The fraction of sp³-hybridized carbons (Fsp3) is 0.733. The van der Waals surface area contributed by atoms with Gasteiger partial charge in [0.15, 0.2) is 5.82 Å². The second-order valence-electron chi connectivity index (χ2n) is 4.95. The molecule has 0 radical (unpaired) electrons. The van der Waals surface area contributed by atoms with Gasteiger partial charge >= 0.3 is 0 Å². The molecule has 1 N–H and O–H groups in total. The van der Waals surface area contributed by atoms with Gasteiger partial charge in [0.1, 0.15) is 6.10 Å². The van der Waals surface area contributed by atoms with E-state index in [1.54, 1.807) is 7.11 Å². The van der Waals surface area contributed by atoms with Crippen molar-refractivity contribution < 1.29 is 4.74 Å². The van der Waals surface area contributed by atoms with Gasteiger partial charge < -0.3 is 10.1 Å². The molecule has 4 heteroatoms. The first-order valence-electron chi connectivity index (χ1n) is 7.15. The maximum atomic E-state index is 5.49. The maximum Gasteiger partial charge on any atom is 0.157 e. The molecule has 0 amide bonds. The molecule has 108 valence electrons. The predicted octanol–water partition coefficient (Wildman–Crippen LogP) is 2.73. The molecule has 4 nitrogen and oxygen atoms in total. The summed E-state index contributed by atoms with van der Waals surface area (Å²) in [6.07, 6.45) is 4.21. The van der Waals surface area contributed by atoms with Gasteiger partial charge in [-0.3, -0.25) is 0 Å². The van der Waals surface area contributed by atoms with E-state index < -0.39 is 0 Å². The van der Waals surface area contributed by atoms with Crippen LogP contribution >= 0.6 is 0 Å². The van der Waals surface area contributed by atoms with E-state index in [1.807, 2.05) is 7.05 Å². The third-order valence-corrected chi connectivity index (χ3v) is 3.41. The van der Waals surface area contributed by atoms with Gasteiger partial charge in [-0.1, -0.05) is 13.3 Å². The average molecular weight is 265 g/mol. The van der Waals surface area contributed by atoms with Gasteiger partial charge in [-0.25, -0.2) is 9.97 Å². The molecule has 1 heterocycles. The highest BCUT2D eigenvalue weighted by molar-refractivity contribution is 5.25. The van der Waals surface area contributed by atoms with Crippen LogP contribution in [-0.4, -0.2) is 30.7 Å². The van der Waals surface area contributed by atoms with Crippen molar-refractivity contribution in [2.24, 2.45) is 0 Å². The minimum absolute atomic E-state index is 0.0220. The van der Waals surface area contributed by atoms with E-state index >= 15 is 0 Å². The van der Waals surface area contributed by atoms with E-state index in [1.165, 1.54) is 5.56 Å². The lowest BCUT2D eigenvalue weighted by atomic mass is 10.1. The Hall–Kier alpha value is -1.00. The molecule has 0 aliphatic heterocycles. The Morgan fingerprint density at radius 2 is 1.84 bits per heavy atom. The maximum absolute atomic E-state index is 5.49. The van der Waals surface area contributed by atoms with Crippen LogP contribution in [0.25, 0.3) is 0 Å². The number of ether oxygens (including phenoxy) is 1. The summed E-state index contributed by atoms with van der Waals surface area (Å²) in [5.74, 6) is 0.830. The summed E-state index contributed by atoms with van der Waals surface area (Å²) in [7, 11) is 3.71. The van der Waals surface area contributed by atoms with Crippen LogP contribution in [0.4, 0.5) is 0 Å². The van der Waals surface area contributed by atoms with E-state index in [2.05, 4.69) is 36.1 Å². The highest BCUT2D eigenvalue weighted by Gasteiger charge is 2.16. The first-order valence-corrected chi connectivity index (χ1v) is 7.15. The largest absolute Gasteiger partial charge is 0.373 e. The molecule has 0 bridgehead atoms. The van der Waals surface area contributed by atoms with E-state index in [-0.39, 0.29) is 6.10 Å². The Labute approximate surface area is 117 Å². The third-order valence-electron chi connectivity index (χ3n) is 3.41. The van der Waals surface area contributed by atoms with E-state index in [0.29, 0.717) is 0 Å². The lowest BCUT2D eigenvalue weighted by molar-refractivity contribution is 0.0872. The van der Waals surface area contributed by atoms with Crippen molar-refractivity contribution in [3.63, 3.8) is 0 Å². The molecule has 0 aliphatic carbocycles. The van der Waals surface area contributed by atoms with E-state index in [9.17, 15) is 0 Å². The molecule has 0 aliphatic rings. The minimum atomic E-state index is 0.0220. The SMILES string of the molecule is CCCC(OC)c1nc(C)c(CCCNC)c(C)n1. The zero-order chi connectivity index (χ0) is 14.3. The van der Waals surface area contributed by atoms with Gasteiger partial charge in [-0.2, -0.15) is 0 Å².